The van der Waals surface area contributed by atoms with Gasteiger partial charge in [-0.25, -0.2) is 4.79 Å². The van der Waals surface area contributed by atoms with Crippen LogP contribution in [0, 0.1) is 20.0 Å². The number of aldehydes is 1. The minimum atomic E-state index is -0.435. The van der Waals surface area contributed by atoms with Gasteiger partial charge in [0.25, 0.3) is 0 Å². The molecule has 0 bridgehead atoms. The SMILES string of the molecule is COC(=O)/C=C/C=C/C=O.[C-]#[O+].[C-]#[O+].[C-]#[O+].[Fe]. The van der Waals surface area contributed by atoms with Crippen LogP contribution in [0.25, 0.3) is 0 Å². The van der Waals surface area contributed by atoms with Gasteiger partial charge in [0, 0.05) is 23.1 Å². The van der Waals surface area contributed by atoms with Crippen molar-refractivity contribution >= 4 is 12.3 Å². The van der Waals surface area contributed by atoms with Gasteiger partial charge in [-0.15, -0.1) is 0 Å². The second-order valence-corrected chi connectivity index (χ2v) is 1.40. The number of esters is 1. The molecule has 0 N–H and O–H groups in total. The maximum absolute atomic E-state index is 10.3. The molecule has 0 fully saturated rings. The first kappa shape index (κ1) is 29.5. The van der Waals surface area contributed by atoms with Crippen molar-refractivity contribution in [3.05, 3.63) is 44.3 Å². The molecule has 0 radical (unpaired) electrons. The zero-order valence-corrected chi connectivity index (χ0v) is 9.79. The fourth-order valence-electron chi connectivity index (χ4n) is 0.312. The predicted octanol–water partition coefficient (Wildman–Crippen LogP) is 0.356. The van der Waals surface area contributed by atoms with Gasteiger partial charge >= 0.3 is 39.9 Å². The van der Waals surface area contributed by atoms with Crippen LogP contribution in [0.15, 0.2) is 24.3 Å². The fourth-order valence-corrected chi connectivity index (χ4v) is 0.312. The third kappa shape index (κ3) is 54.2. The number of rotatable bonds is 3. The Hall–Kier alpha value is -1.64. The molecule has 92 valence electrons. The molecule has 17 heavy (non-hydrogen) atoms. The number of carbonyl (C=O) groups is 2. The van der Waals surface area contributed by atoms with Crippen molar-refractivity contribution in [3.63, 3.8) is 0 Å². The Morgan fingerprint density at radius 2 is 1.41 bits per heavy atom. The van der Waals surface area contributed by atoms with Crippen molar-refractivity contribution in [2.24, 2.45) is 0 Å². The van der Waals surface area contributed by atoms with E-state index in [1.165, 1.54) is 31.4 Å². The molecule has 0 spiro atoms. The average Bonchev–Trinajstić information content (AvgIpc) is 2.41. The summed E-state index contributed by atoms with van der Waals surface area (Å²) in [5, 5.41) is 0. The maximum atomic E-state index is 10.3. The summed E-state index contributed by atoms with van der Waals surface area (Å²) in [4.78, 5) is 20.0. The van der Waals surface area contributed by atoms with Crippen molar-refractivity contribution in [1.82, 2.24) is 0 Å². The van der Waals surface area contributed by atoms with Crippen LogP contribution in [-0.2, 0) is 45.4 Å². The zero-order chi connectivity index (χ0) is 13.8. The summed E-state index contributed by atoms with van der Waals surface area (Å²) in [6.07, 6.45) is 6.01. The largest absolute Gasteiger partial charge is 0 e. The molecule has 6 nitrogen and oxygen atoms in total. The Labute approximate surface area is 109 Å². The molecule has 0 atom stereocenters. The number of carbonyl (C=O) groups excluding carboxylic acids is 2. The van der Waals surface area contributed by atoms with Gasteiger partial charge in [-0.05, 0) is 6.08 Å². The summed E-state index contributed by atoms with van der Waals surface area (Å²) in [5.41, 5.74) is 0. The van der Waals surface area contributed by atoms with E-state index in [4.69, 9.17) is 14.0 Å². The van der Waals surface area contributed by atoms with E-state index in [-0.39, 0.29) is 17.1 Å². The molecule has 0 rings (SSSR count). The molecule has 0 aliphatic rings. The summed E-state index contributed by atoms with van der Waals surface area (Å²) < 4.78 is 26.8. The van der Waals surface area contributed by atoms with Gasteiger partial charge in [0.15, 0.2) is 0 Å². The van der Waals surface area contributed by atoms with Gasteiger partial charge in [-0.3, -0.25) is 4.79 Å². The zero-order valence-electron chi connectivity index (χ0n) is 8.69. The summed E-state index contributed by atoms with van der Waals surface area (Å²) in [5.74, 6) is -0.435. The van der Waals surface area contributed by atoms with E-state index in [1.807, 2.05) is 0 Å². The standard InChI is InChI=1S/C7H8O3.3CO.Fe/c1-10-7(9)5-3-2-4-6-8;3*1-2;/h2-6H,1H3;;;;/b4-2+,5-3+;;;;. The summed E-state index contributed by atoms with van der Waals surface area (Å²) >= 11 is 0. The number of hydrogen-bond donors (Lipinski definition) is 0. The first-order valence-corrected chi connectivity index (χ1v) is 3.29. The molecular formula is C10H8FeO6. The quantitative estimate of drug-likeness (QED) is 0.142. The van der Waals surface area contributed by atoms with Crippen LogP contribution in [-0.4, -0.2) is 19.4 Å². The minimum Gasteiger partial charge on any atom is 0 e. The van der Waals surface area contributed by atoms with Crippen LogP contribution in [0.5, 0.6) is 0 Å². The number of methoxy groups -OCH3 is 1. The molecule has 0 aromatic carbocycles. The van der Waals surface area contributed by atoms with Gasteiger partial charge in [-0.2, -0.15) is 0 Å². The Morgan fingerprint density at radius 3 is 1.71 bits per heavy atom. The van der Waals surface area contributed by atoms with Crippen molar-refractivity contribution in [3.8, 4) is 0 Å². The van der Waals surface area contributed by atoms with Gasteiger partial charge in [0.1, 0.15) is 6.29 Å². The van der Waals surface area contributed by atoms with E-state index >= 15 is 0 Å². The van der Waals surface area contributed by atoms with Crippen LogP contribution < -0.4 is 0 Å². The van der Waals surface area contributed by atoms with Gasteiger partial charge in [0.05, 0.1) is 7.11 Å². The van der Waals surface area contributed by atoms with Crippen LogP contribution >= 0.6 is 0 Å². The van der Waals surface area contributed by atoms with Crippen molar-refractivity contribution < 1.29 is 45.4 Å². The monoisotopic (exact) mass is 280 g/mol. The Bertz CT molecular complexity index is 260. The van der Waals surface area contributed by atoms with Crippen LogP contribution in [0.3, 0.4) is 0 Å². The average molecular weight is 280 g/mol. The molecule has 0 saturated carbocycles. The smallest absolute Gasteiger partial charge is 0 e. The van der Waals surface area contributed by atoms with Crippen molar-refractivity contribution in [1.29, 1.82) is 0 Å². The topological polar surface area (TPSA) is 103 Å². The van der Waals surface area contributed by atoms with E-state index in [1.54, 1.807) is 0 Å². The van der Waals surface area contributed by atoms with E-state index in [2.05, 4.69) is 24.7 Å². The molecule has 0 amide bonds. The minimum absolute atomic E-state index is 0. The summed E-state index contributed by atoms with van der Waals surface area (Å²) in [7, 11) is 1.29. The number of allylic oxidation sites excluding steroid dienone is 3. The third-order valence-corrected chi connectivity index (χ3v) is 0.734. The molecule has 0 saturated heterocycles. The predicted molar refractivity (Wildman–Crippen MR) is 48.1 cm³/mol. The van der Waals surface area contributed by atoms with E-state index < -0.39 is 5.97 Å². The van der Waals surface area contributed by atoms with E-state index in [0.717, 1.165) is 0 Å². The Morgan fingerprint density at radius 1 is 1.00 bits per heavy atom. The molecule has 7 heteroatoms. The van der Waals surface area contributed by atoms with Crippen molar-refractivity contribution in [2.45, 2.75) is 0 Å². The maximum Gasteiger partial charge on any atom is 0 e. The molecule has 0 aliphatic heterocycles. The van der Waals surface area contributed by atoms with Gasteiger partial charge in [-0.1, -0.05) is 12.2 Å². The first-order chi connectivity index (χ1) is 7.81. The van der Waals surface area contributed by atoms with E-state index in [9.17, 15) is 9.59 Å². The van der Waals surface area contributed by atoms with Crippen molar-refractivity contribution in [2.75, 3.05) is 7.11 Å². The fraction of sp³-hybridized carbons (Fsp3) is 0.100. The van der Waals surface area contributed by atoms with Crippen LogP contribution in [0.4, 0.5) is 0 Å². The second-order valence-electron chi connectivity index (χ2n) is 1.40. The van der Waals surface area contributed by atoms with Crippen LogP contribution in [0.1, 0.15) is 0 Å². The first-order valence-electron chi connectivity index (χ1n) is 3.29. The Kier molecular flexibility index (Phi) is 82.1. The Balaban J connectivity index is -0.0000000594. The molecule has 0 heterocycles. The second kappa shape index (κ2) is 47.3. The molecule has 0 aromatic rings. The molecule has 0 unspecified atom stereocenters. The molecule has 0 aliphatic carbocycles. The third-order valence-electron chi connectivity index (χ3n) is 0.734. The van der Waals surface area contributed by atoms with Crippen LogP contribution in [0.2, 0.25) is 0 Å². The molecule has 0 aromatic heterocycles. The van der Waals surface area contributed by atoms with E-state index in [0.29, 0.717) is 6.29 Å². The number of ether oxygens (including phenoxy) is 1. The number of hydrogen-bond acceptors (Lipinski definition) is 3. The summed E-state index contributed by atoms with van der Waals surface area (Å²) in [6.45, 7) is 13.5. The molecular weight excluding hydrogens is 272 g/mol. The summed E-state index contributed by atoms with van der Waals surface area (Å²) in [6, 6.07) is 0. The van der Waals surface area contributed by atoms with Gasteiger partial charge < -0.3 is 4.74 Å². The normalized spacial score (nSPS) is 6.53. The van der Waals surface area contributed by atoms with Gasteiger partial charge in [0.2, 0.25) is 0 Å².